The Balaban J connectivity index is 0.00000162. The van der Waals surface area contributed by atoms with Gasteiger partial charge in [0.05, 0.1) is 6.20 Å². The number of hydrogen-bond donors (Lipinski definition) is 1. The van der Waals surface area contributed by atoms with E-state index in [1.165, 1.54) is 18.5 Å². The second-order valence-corrected chi connectivity index (χ2v) is 5.25. The maximum atomic E-state index is 5.95. The normalized spacial score (nSPS) is 21.8. The summed E-state index contributed by atoms with van der Waals surface area (Å²) in [5, 5.41) is 4.37. The molecule has 0 saturated carbocycles. The number of aromatic nitrogens is 2. The lowest BCUT2D eigenvalue weighted by Crippen LogP contribution is -2.29. The fourth-order valence-electron chi connectivity index (χ4n) is 2.53. The molecule has 1 aromatic rings. The van der Waals surface area contributed by atoms with E-state index >= 15 is 0 Å². The highest BCUT2D eigenvalue weighted by atomic mass is 35.5. The van der Waals surface area contributed by atoms with E-state index < -0.39 is 0 Å². The van der Waals surface area contributed by atoms with E-state index in [1.54, 1.807) is 0 Å². The second-order valence-electron chi connectivity index (χ2n) is 5.25. The Morgan fingerprint density at radius 3 is 2.94 bits per heavy atom. The van der Waals surface area contributed by atoms with Crippen LogP contribution in [0.5, 0.6) is 0 Å². The van der Waals surface area contributed by atoms with Gasteiger partial charge in [0.2, 0.25) is 0 Å². The Hall–Kier alpha value is -0.580. The van der Waals surface area contributed by atoms with Crippen LogP contribution in [-0.4, -0.2) is 33.8 Å². The lowest BCUT2D eigenvalue weighted by molar-refractivity contribution is 0.308. The minimum Gasteiger partial charge on any atom is -0.328 e. The van der Waals surface area contributed by atoms with Crippen LogP contribution in [0.2, 0.25) is 0 Å². The summed E-state index contributed by atoms with van der Waals surface area (Å²) in [6.07, 6.45) is 6.54. The van der Waals surface area contributed by atoms with Gasteiger partial charge in [0.25, 0.3) is 0 Å². The van der Waals surface area contributed by atoms with Gasteiger partial charge < -0.3 is 5.73 Å². The van der Waals surface area contributed by atoms with Gasteiger partial charge in [-0.2, -0.15) is 5.10 Å². The third kappa shape index (κ3) is 3.97. The van der Waals surface area contributed by atoms with Crippen molar-refractivity contribution in [2.75, 3.05) is 13.1 Å². The predicted octanol–water partition coefficient (Wildman–Crippen LogP) is 1.88. The zero-order valence-electron chi connectivity index (χ0n) is 11.4. The summed E-state index contributed by atoms with van der Waals surface area (Å²) in [5.74, 6) is 0.667. The van der Waals surface area contributed by atoms with E-state index in [9.17, 15) is 0 Å². The number of aryl methyl sites for hydroxylation is 1. The highest BCUT2D eigenvalue weighted by Gasteiger charge is 2.25. The molecule has 1 aliphatic rings. The quantitative estimate of drug-likeness (QED) is 0.890. The summed E-state index contributed by atoms with van der Waals surface area (Å²) in [7, 11) is 0. The van der Waals surface area contributed by atoms with Crippen molar-refractivity contribution in [3.05, 3.63) is 18.0 Å². The van der Waals surface area contributed by atoms with Gasteiger partial charge in [-0.1, -0.05) is 6.92 Å². The molecule has 5 heteroatoms. The topological polar surface area (TPSA) is 47.1 Å². The van der Waals surface area contributed by atoms with Gasteiger partial charge in [0, 0.05) is 37.4 Å². The standard InChI is InChI=1S/C13H24N4.ClH/c1-3-5-17-9-12(7-15-17)8-16-6-4-13(10-16)11(2)14;/h7,9,11,13H,3-6,8,10,14H2,1-2H3;1H. The molecule has 4 nitrogen and oxygen atoms in total. The number of halogens is 1. The molecule has 0 radical (unpaired) electrons. The predicted molar refractivity (Wildman–Crippen MR) is 76.8 cm³/mol. The summed E-state index contributed by atoms with van der Waals surface area (Å²) in [6, 6.07) is 0.322. The summed E-state index contributed by atoms with van der Waals surface area (Å²) < 4.78 is 2.04. The summed E-state index contributed by atoms with van der Waals surface area (Å²) in [4.78, 5) is 2.49. The minimum absolute atomic E-state index is 0. The molecule has 1 aromatic heterocycles. The second kappa shape index (κ2) is 7.12. The van der Waals surface area contributed by atoms with Gasteiger partial charge >= 0.3 is 0 Å². The van der Waals surface area contributed by atoms with Crippen LogP contribution in [0.1, 0.15) is 32.3 Å². The van der Waals surface area contributed by atoms with Crippen LogP contribution in [-0.2, 0) is 13.1 Å². The van der Waals surface area contributed by atoms with Crippen LogP contribution < -0.4 is 5.73 Å². The molecule has 2 N–H and O–H groups in total. The van der Waals surface area contributed by atoms with E-state index in [2.05, 4.69) is 30.0 Å². The average molecular weight is 273 g/mol. The van der Waals surface area contributed by atoms with Gasteiger partial charge in [-0.25, -0.2) is 0 Å². The van der Waals surface area contributed by atoms with Gasteiger partial charge in [-0.15, -0.1) is 12.4 Å². The third-order valence-corrected chi connectivity index (χ3v) is 3.60. The molecular weight excluding hydrogens is 248 g/mol. The largest absolute Gasteiger partial charge is 0.328 e. The Bertz CT molecular complexity index is 351. The summed E-state index contributed by atoms with van der Waals surface area (Å²) in [6.45, 7) is 8.64. The molecule has 0 aromatic carbocycles. The molecule has 18 heavy (non-hydrogen) atoms. The molecule has 1 fully saturated rings. The monoisotopic (exact) mass is 272 g/mol. The maximum absolute atomic E-state index is 5.95. The van der Waals surface area contributed by atoms with Crippen LogP contribution in [0.3, 0.4) is 0 Å². The Morgan fingerprint density at radius 2 is 2.33 bits per heavy atom. The molecule has 0 aliphatic carbocycles. The number of likely N-dealkylation sites (tertiary alicyclic amines) is 1. The van der Waals surface area contributed by atoms with Crippen molar-refractivity contribution in [1.29, 1.82) is 0 Å². The van der Waals surface area contributed by atoms with Crippen molar-refractivity contribution in [3.63, 3.8) is 0 Å². The molecule has 0 spiro atoms. The van der Waals surface area contributed by atoms with E-state index in [0.717, 1.165) is 26.1 Å². The lowest BCUT2D eigenvalue weighted by atomic mass is 10.0. The van der Waals surface area contributed by atoms with Crippen LogP contribution in [0.4, 0.5) is 0 Å². The highest BCUT2D eigenvalue weighted by molar-refractivity contribution is 5.85. The van der Waals surface area contributed by atoms with Gasteiger partial charge in [0.1, 0.15) is 0 Å². The zero-order valence-corrected chi connectivity index (χ0v) is 12.2. The van der Waals surface area contributed by atoms with Gasteiger partial charge in [0.15, 0.2) is 0 Å². The van der Waals surface area contributed by atoms with Gasteiger partial charge in [-0.3, -0.25) is 9.58 Å². The van der Waals surface area contributed by atoms with Crippen molar-refractivity contribution >= 4 is 12.4 Å². The fraction of sp³-hybridized carbons (Fsp3) is 0.769. The number of nitrogens with two attached hydrogens (primary N) is 1. The lowest BCUT2D eigenvalue weighted by Gasteiger charge is -2.16. The molecule has 1 aliphatic heterocycles. The van der Waals surface area contributed by atoms with Crippen LogP contribution >= 0.6 is 12.4 Å². The number of rotatable bonds is 5. The maximum Gasteiger partial charge on any atom is 0.0534 e. The van der Waals surface area contributed by atoms with E-state index in [-0.39, 0.29) is 12.4 Å². The molecule has 104 valence electrons. The first-order valence-electron chi connectivity index (χ1n) is 6.68. The smallest absolute Gasteiger partial charge is 0.0534 e. The summed E-state index contributed by atoms with van der Waals surface area (Å²) in [5.41, 5.74) is 7.28. The summed E-state index contributed by atoms with van der Waals surface area (Å²) >= 11 is 0. The zero-order chi connectivity index (χ0) is 12.3. The highest BCUT2D eigenvalue weighted by Crippen LogP contribution is 2.20. The van der Waals surface area contributed by atoms with E-state index in [1.807, 2.05) is 10.9 Å². The van der Waals surface area contributed by atoms with E-state index in [0.29, 0.717) is 12.0 Å². The van der Waals surface area contributed by atoms with Crippen LogP contribution in [0, 0.1) is 5.92 Å². The molecule has 2 atom stereocenters. The molecule has 2 unspecified atom stereocenters. The van der Waals surface area contributed by atoms with Crippen molar-refractivity contribution in [1.82, 2.24) is 14.7 Å². The SMILES string of the molecule is CCCn1cc(CN2CCC(C(C)N)C2)cn1.Cl. The third-order valence-electron chi connectivity index (χ3n) is 3.60. The molecule has 2 rings (SSSR count). The van der Waals surface area contributed by atoms with E-state index in [4.69, 9.17) is 5.73 Å². The first-order valence-corrected chi connectivity index (χ1v) is 6.68. The fourth-order valence-corrected chi connectivity index (χ4v) is 2.53. The van der Waals surface area contributed by atoms with Gasteiger partial charge in [-0.05, 0) is 32.2 Å². The Morgan fingerprint density at radius 1 is 1.56 bits per heavy atom. The molecule has 0 bridgehead atoms. The molecular formula is C13H25ClN4. The molecule has 1 saturated heterocycles. The van der Waals surface area contributed by atoms with Crippen molar-refractivity contribution in [3.8, 4) is 0 Å². The first-order chi connectivity index (χ1) is 8.19. The Labute approximate surface area is 116 Å². The average Bonchev–Trinajstić information content (AvgIpc) is 2.89. The van der Waals surface area contributed by atoms with Crippen molar-refractivity contribution in [2.24, 2.45) is 11.7 Å². The number of nitrogens with zero attached hydrogens (tertiary/aromatic N) is 3. The molecule has 0 amide bonds. The first kappa shape index (κ1) is 15.5. The molecule has 2 heterocycles. The minimum atomic E-state index is 0. The van der Waals surface area contributed by atoms with Crippen LogP contribution in [0.25, 0.3) is 0 Å². The van der Waals surface area contributed by atoms with Crippen molar-refractivity contribution < 1.29 is 0 Å². The Kier molecular flexibility index (Phi) is 6.12. The number of hydrogen-bond acceptors (Lipinski definition) is 3. The van der Waals surface area contributed by atoms with Crippen molar-refractivity contribution in [2.45, 2.75) is 45.8 Å². The van der Waals surface area contributed by atoms with Crippen LogP contribution in [0.15, 0.2) is 12.4 Å².